The number of nitrogens with zero attached hydrogens (tertiary/aromatic N) is 3. The van der Waals surface area contributed by atoms with Crippen LogP contribution in [0.2, 0.25) is 0 Å². The fraction of sp³-hybridized carbons (Fsp3) is 0.700. The highest BCUT2D eigenvalue weighted by Gasteiger charge is 2.39. The molecule has 0 aromatic carbocycles. The number of H-pyrrole nitrogens is 1. The average molecular weight is 541 g/mol. The summed E-state index contributed by atoms with van der Waals surface area (Å²) in [5.41, 5.74) is 4.88. The Hall–Kier alpha value is -1.71. The molecule has 3 fully saturated rings. The van der Waals surface area contributed by atoms with Crippen LogP contribution in [0.3, 0.4) is 0 Å². The molecular weight excluding hydrogens is 496 g/mol. The van der Waals surface area contributed by atoms with Crippen LogP contribution in [0.25, 0.3) is 0 Å². The summed E-state index contributed by atoms with van der Waals surface area (Å²) in [5.74, 6) is 0. The molecule has 2 aromatic heterocycles. The summed E-state index contributed by atoms with van der Waals surface area (Å²) < 4.78 is 6.08. The van der Waals surface area contributed by atoms with Crippen molar-refractivity contribution in [2.45, 2.75) is 110 Å². The summed E-state index contributed by atoms with van der Waals surface area (Å²) in [5, 5.41) is 12.8. The first kappa shape index (κ1) is 26.5. The summed E-state index contributed by atoms with van der Waals surface area (Å²) in [7, 11) is 0. The van der Waals surface area contributed by atoms with Gasteiger partial charge in [0.2, 0.25) is 0 Å². The second-order valence-corrected chi connectivity index (χ2v) is 13.1. The van der Waals surface area contributed by atoms with Gasteiger partial charge >= 0.3 is 0 Å². The smallest absolute Gasteiger partial charge is 0.252 e. The number of ether oxygens (including phenoxy) is 1. The third kappa shape index (κ3) is 5.10. The Morgan fingerprint density at radius 1 is 1.11 bits per heavy atom. The fourth-order valence-electron chi connectivity index (χ4n) is 7.00. The Balaban J connectivity index is 1.11. The molecule has 1 unspecified atom stereocenters. The van der Waals surface area contributed by atoms with Crippen molar-refractivity contribution >= 4 is 16.3 Å². The molecule has 2 aromatic rings. The van der Waals surface area contributed by atoms with E-state index in [9.17, 15) is 9.90 Å². The van der Waals surface area contributed by atoms with Gasteiger partial charge in [0.05, 0.1) is 17.2 Å². The number of aromatic amines is 1. The monoisotopic (exact) mass is 540 g/mol. The molecule has 6 rings (SSSR count). The highest BCUT2D eigenvalue weighted by atomic mass is 32.1. The largest absolute Gasteiger partial charge is 0.374 e. The molecule has 8 heteroatoms. The summed E-state index contributed by atoms with van der Waals surface area (Å²) in [6, 6.07) is 3.30. The van der Waals surface area contributed by atoms with E-state index in [4.69, 9.17) is 4.74 Å². The van der Waals surface area contributed by atoms with E-state index < -0.39 is 6.23 Å². The molecular formula is C30H44N4O3S. The molecule has 2 saturated carbocycles. The normalized spacial score (nSPS) is 26.8. The molecule has 4 heterocycles. The van der Waals surface area contributed by atoms with Gasteiger partial charge in [-0.3, -0.25) is 14.6 Å². The van der Waals surface area contributed by atoms with Gasteiger partial charge in [0.1, 0.15) is 6.23 Å². The number of hydrogen-bond acceptors (Lipinski definition) is 7. The number of aliphatic hydroxyl groups excluding tert-OH is 1. The maximum Gasteiger partial charge on any atom is 0.252 e. The summed E-state index contributed by atoms with van der Waals surface area (Å²) in [4.78, 5) is 24.2. The SMILES string of the molecule is CCN(c1sc2c(c1C)C(O)N(Cc1c(C)cc(C)[nH]c1=O)CC2)C1CCC(N2CC(OC3CC3)C2)CC1. The van der Waals surface area contributed by atoms with Crippen molar-refractivity contribution in [2.75, 3.05) is 31.1 Å². The van der Waals surface area contributed by atoms with Crippen LogP contribution in [0.1, 0.15) is 84.5 Å². The quantitative estimate of drug-likeness (QED) is 0.517. The number of anilines is 1. The number of thiophene rings is 1. The van der Waals surface area contributed by atoms with Gasteiger partial charge < -0.3 is 19.7 Å². The van der Waals surface area contributed by atoms with E-state index in [1.807, 2.05) is 31.3 Å². The molecule has 4 aliphatic rings. The zero-order valence-electron chi connectivity index (χ0n) is 23.5. The van der Waals surface area contributed by atoms with Crippen molar-refractivity contribution in [3.05, 3.63) is 49.2 Å². The van der Waals surface area contributed by atoms with Crippen LogP contribution < -0.4 is 10.5 Å². The first-order valence-electron chi connectivity index (χ1n) is 14.7. The van der Waals surface area contributed by atoms with E-state index in [1.165, 1.54) is 54.0 Å². The van der Waals surface area contributed by atoms with Gasteiger partial charge in [0.15, 0.2) is 0 Å². The lowest BCUT2D eigenvalue weighted by Crippen LogP contribution is -2.58. The van der Waals surface area contributed by atoms with Crippen molar-refractivity contribution in [2.24, 2.45) is 0 Å². The minimum absolute atomic E-state index is 0.0415. The Morgan fingerprint density at radius 2 is 1.84 bits per heavy atom. The fourth-order valence-corrected chi connectivity index (χ4v) is 8.45. The number of nitrogens with one attached hydrogen (secondary N) is 1. The Morgan fingerprint density at radius 3 is 2.50 bits per heavy atom. The lowest BCUT2D eigenvalue weighted by molar-refractivity contribution is -0.0845. The molecule has 2 aliphatic heterocycles. The predicted octanol–water partition coefficient (Wildman–Crippen LogP) is 4.41. The molecule has 38 heavy (non-hydrogen) atoms. The molecule has 208 valence electrons. The van der Waals surface area contributed by atoms with Gasteiger partial charge in [-0.2, -0.15) is 0 Å². The van der Waals surface area contributed by atoms with E-state index in [-0.39, 0.29) is 5.56 Å². The van der Waals surface area contributed by atoms with E-state index in [0.717, 1.165) is 55.0 Å². The maximum atomic E-state index is 12.6. The summed E-state index contributed by atoms with van der Waals surface area (Å²) in [6.07, 6.45) is 8.82. The van der Waals surface area contributed by atoms with Crippen molar-refractivity contribution in [3.63, 3.8) is 0 Å². The lowest BCUT2D eigenvalue weighted by atomic mass is 9.87. The zero-order chi connectivity index (χ0) is 26.6. The first-order valence-corrected chi connectivity index (χ1v) is 15.5. The summed E-state index contributed by atoms with van der Waals surface area (Å²) in [6.45, 7) is 12.8. The molecule has 1 atom stereocenters. The highest BCUT2D eigenvalue weighted by Crippen LogP contribution is 2.45. The van der Waals surface area contributed by atoms with Gasteiger partial charge in [-0.25, -0.2) is 0 Å². The van der Waals surface area contributed by atoms with Crippen molar-refractivity contribution in [3.8, 4) is 0 Å². The van der Waals surface area contributed by atoms with E-state index >= 15 is 0 Å². The third-order valence-electron chi connectivity index (χ3n) is 9.34. The molecule has 0 amide bonds. The number of pyridine rings is 1. The summed E-state index contributed by atoms with van der Waals surface area (Å²) >= 11 is 1.89. The van der Waals surface area contributed by atoms with Gasteiger partial charge in [-0.15, -0.1) is 11.3 Å². The second-order valence-electron chi connectivity index (χ2n) is 12.1. The van der Waals surface area contributed by atoms with Crippen LogP contribution in [0, 0.1) is 20.8 Å². The van der Waals surface area contributed by atoms with Crippen LogP contribution in [0.4, 0.5) is 5.00 Å². The molecule has 7 nitrogen and oxygen atoms in total. The number of fused-ring (bicyclic) bond motifs is 1. The Kier molecular flexibility index (Phi) is 7.46. The zero-order valence-corrected chi connectivity index (χ0v) is 24.3. The molecule has 0 bridgehead atoms. The van der Waals surface area contributed by atoms with E-state index in [0.29, 0.717) is 30.8 Å². The maximum absolute atomic E-state index is 12.6. The number of likely N-dealkylation sites (tertiary alicyclic amines) is 1. The van der Waals surface area contributed by atoms with Crippen LogP contribution >= 0.6 is 11.3 Å². The van der Waals surface area contributed by atoms with E-state index in [2.05, 4.69) is 33.5 Å². The first-order chi connectivity index (χ1) is 18.3. The van der Waals surface area contributed by atoms with E-state index in [1.54, 1.807) is 0 Å². The molecule has 2 N–H and O–H groups in total. The second kappa shape index (κ2) is 10.7. The predicted molar refractivity (Wildman–Crippen MR) is 153 cm³/mol. The van der Waals surface area contributed by atoms with Crippen molar-refractivity contribution < 1.29 is 9.84 Å². The standard InChI is InChI=1S/C30H44N4O3S/c1-5-34(22-8-6-21(7-9-22)33-15-24(16-33)37-23-10-11-23)30-20(4)27-26(38-30)12-13-32(29(27)36)17-25-18(2)14-19(3)31-28(25)35/h14,21-24,29,36H,5-13,15-17H2,1-4H3,(H,31,35). The van der Waals surface area contributed by atoms with Gasteiger partial charge in [0, 0.05) is 66.5 Å². The number of aryl methyl sites for hydroxylation is 2. The van der Waals surface area contributed by atoms with Crippen molar-refractivity contribution in [1.29, 1.82) is 0 Å². The minimum atomic E-state index is -0.671. The minimum Gasteiger partial charge on any atom is -0.374 e. The number of aliphatic hydroxyl groups is 1. The van der Waals surface area contributed by atoms with Crippen molar-refractivity contribution in [1.82, 2.24) is 14.8 Å². The molecule has 2 aliphatic carbocycles. The lowest BCUT2D eigenvalue weighted by Gasteiger charge is -2.47. The average Bonchev–Trinajstić information content (AvgIpc) is 3.63. The van der Waals surface area contributed by atoms with Gasteiger partial charge in [0.25, 0.3) is 5.56 Å². The van der Waals surface area contributed by atoms with Crippen LogP contribution in [0.5, 0.6) is 0 Å². The highest BCUT2D eigenvalue weighted by molar-refractivity contribution is 7.16. The molecule has 0 radical (unpaired) electrons. The Labute approximate surface area is 230 Å². The van der Waals surface area contributed by atoms with Crippen LogP contribution in [-0.4, -0.2) is 70.4 Å². The number of rotatable bonds is 8. The van der Waals surface area contributed by atoms with Gasteiger partial charge in [-0.1, -0.05) is 0 Å². The number of hydrogen-bond donors (Lipinski definition) is 2. The van der Waals surface area contributed by atoms with Crippen LogP contribution in [0.15, 0.2) is 10.9 Å². The topological polar surface area (TPSA) is 72.0 Å². The molecule has 0 spiro atoms. The number of aromatic nitrogens is 1. The Bertz CT molecular complexity index is 1210. The third-order valence-corrected chi connectivity index (χ3v) is 10.7. The van der Waals surface area contributed by atoms with Gasteiger partial charge in [-0.05, 0) is 89.8 Å². The van der Waals surface area contributed by atoms with Crippen LogP contribution in [-0.2, 0) is 17.7 Å². The molecule has 1 saturated heterocycles.